The molecule has 5 nitrogen and oxygen atoms in total. The molecule has 0 spiro atoms. The Morgan fingerprint density at radius 3 is 2.95 bits per heavy atom. The predicted octanol–water partition coefficient (Wildman–Crippen LogP) is 1.09. The highest BCUT2D eigenvalue weighted by Gasteiger charge is 2.36. The second-order valence-corrected chi connectivity index (χ2v) is 5.87. The van der Waals surface area contributed by atoms with E-state index in [9.17, 15) is 0 Å². The van der Waals surface area contributed by atoms with Crippen molar-refractivity contribution >= 4 is 28.3 Å². The van der Waals surface area contributed by atoms with Gasteiger partial charge in [0, 0.05) is 33.2 Å². The molecule has 1 aromatic rings. The first-order valence-corrected chi connectivity index (χ1v) is 7.20. The van der Waals surface area contributed by atoms with Gasteiger partial charge in [-0.15, -0.1) is 12.4 Å². The number of fused-ring (bicyclic) bond motifs is 1. The van der Waals surface area contributed by atoms with Crippen LogP contribution in [0.4, 0.5) is 0 Å². The second-order valence-electron chi connectivity index (χ2n) is 5.08. The third kappa shape index (κ3) is 2.83. The van der Waals surface area contributed by atoms with Gasteiger partial charge in [-0.25, -0.2) is 0 Å². The number of hydrogen-bond donors (Lipinski definition) is 1. The lowest BCUT2D eigenvalue weighted by Crippen LogP contribution is -2.50. The number of ether oxygens (including phenoxy) is 1. The zero-order chi connectivity index (χ0) is 12.7. The van der Waals surface area contributed by atoms with E-state index in [1.54, 1.807) is 0 Å². The molecule has 2 aliphatic rings. The van der Waals surface area contributed by atoms with Crippen molar-refractivity contribution in [1.29, 1.82) is 0 Å². The van der Waals surface area contributed by atoms with Crippen LogP contribution in [0, 0.1) is 6.92 Å². The van der Waals surface area contributed by atoms with Crippen LogP contribution in [0.15, 0.2) is 4.47 Å². The van der Waals surface area contributed by atoms with E-state index in [2.05, 4.69) is 31.2 Å². The SMILES string of the molecule is Cc1nn(C)c(CN2CCO[C@H]3CNC[C@H]32)c1Br.Cl. The number of nitrogens with one attached hydrogen (secondary N) is 1. The Morgan fingerprint density at radius 1 is 1.47 bits per heavy atom. The molecule has 1 N–H and O–H groups in total. The number of halogens is 2. The van der Waals surface area contributed by atoms with Crippen LogP contribution in [0.2, 0.25) is 0 Å². The van der Waals surface area contributed by atoms with Crippen molar-refractivity contribution in [3.05, 3.63) is 15.9 Å². The van der Waals surface area contributed by atoms with Crippen molar-refractivity contribution in [1.82, 2.24) is 20.0 Å². The molecule has 3 rings (SSSR count). The van der Waals surface area contributed by atoms with E-state index >= 15 is 0 Å². The van der Waals surface area contributed by atoms with Gasteiger partial charge in [-0.2, -0.15) is 5.10 Å². The molecule has 1 aromatic heterocycles. The van der Waals surface area contributed by atoms with E-state index in [4.69, 9.17) is 4.74 Å². The van der Waals surface area contributed by atoms with Gasteiger partial charge >= 0.3 is 0 Å². The summed E-state index contributed by atoms with van der Waals surface area (Å²) in [6, 6.07) is 0.501. The molecular weight excluding hydrogens is 332 g/mol. The molecule has 0 aliphatic carbocycles. The maximum absolute atomic E-state index is 5.80. The Morgan fingerprint density at radius 2 is 2.26 bits per heavy atom. The zero-order valence-corrected chi connectivity index (χ0v) is 13.6. The van der Waals surface area contributed by atoms with Crippen LogP contribution in [0.1, 0.15) is 11.4 Å². The highest BCUT2D eigenvalue weighted by molar-refractivity contribution is 9.10. The summed E-state index contributed by atoms with van der Waals surface area (Å²) in [5.41, 5.74) is 2.31. The van der Waals surface area contributed by atoms with Crippen molar-refractivity contribution < 1.29 is 4.74 Å². The first-order valence-electron chi connectivity index (χ1n) is 6.41. The maximum Gasteiger partial charge on any atom is 0.0867 e. The highest BCUT2D eigenvalue weighted by Crippen LogP contribution is 2.25. The Bertz CT molecular complexity index is 453. The zero-order valence-electron chi connectivity index (χ0n) is 11.2. The maximum atomic E-state index is 5.80. The smallest absolute Gasteiger partial charge is 0.0867 e. The molecule has 0 unspecified atom stereocenters. The van der Waals surface area contributed by atoms with Gasteiger partial charge in [-0.1, -0.05) is 0 Å². The Labute approximate surface area is 128 Å². The van der Waals surface area contributed by atoms with Crippen LogP contribution in [-0.4, -0.2) is 53.1 Å². The molecule has 108 valence electrons. The number of aryl methyl sites for hydroxylation is 2. The van der Waals surface area contributed by atoms with E-state index in [0.717, 1.165) is 43.0 Å². The molecule has 0 bridgehead atoms. The highest BCUT2D eigenvalue weighted by atomic mass is 79.9. The van der Waals surface area contributed by atoms with E-state index in [0.29, 0.717) is 12.1 Å². The van der Waals surface area contributed by atoms with Gasteiger partial charge in [0.1, 0.15) is 0 Å². The normalized spacial score (nSPS) is 27.1. The van der Waals surface area contributed by atoms with Crippen LogP contribution >= 0.6 is 28.3 Å². The summed E-state index contributed by atoms with van der Waals surface area (Å²) >= 11 is 3.64. The summed E-state index contributed by atoms with van der Waals surface area (Å²) < 4.78 is 8.91. The number of hydrogen-bond acceptors (Lipinski definition) is 4. The van der Waals surface area contributed by atoms with E-state index in [1.165, 1.54) is 5.69 Å². The third-order valence-corrected chi connectivity index (χ3v) is 4.95. The predicted molar refractivity (Wildman–Crippen MR) is 79.7 cm³/mol. The summed E-state index contributed by atoms with van der Waals surface area (Å²) in [7, 11) is 2.01. The summed E-state index contributed by atoms with van der Waals surface area (Å²) in [5.74, 6) is 0. The summed E-state index contributed by atoms with van der Waals surface area (Å²) in [6.45, 7) is 6.81. The second kappa shape index (κ2) is 6.10. The molecule has 2 aliphatic heterocycles. The standard InChI is InChI=1S/C12H19BrN4O.ClH/c1-8-12(13)10(16(2)15-8)7-17-3-4-18-11-6-14-5-9(11)17;/h9,11,14H,3-7H2,1-2H3;1H/t9-,11+;/m1./s1. The van der Waals surface area contributed by atoms with Crippen LogP contribution in [0.5, 0.6) is 0 Å². The number of rotatable bonds is 2. The number of nitrogens with zero attached hydrogens (tertiary/aromatic N) is 3. The van der Waals surface area contributed by atoms with Gasteiger partial charge in [0.15, 0.2) is 0 Å². The summed E-state index contributed by atoms with van der Waals surface area (Å²) in [6.07, 6.45) is 0.354. The minimum atomic E-state index is 0. The lowest BCUT2D eigenvalue weighted by Gasteiger charge is -2.36. The molecule has 0 saturated carbocycles. The van der Waals surface area contributed by atoms with Crippen molar-refractivity contribution in [2.45, 2.75) is 25.6 Å². The molecule has 2 atom stereocenters. The van der Waals surface area contributed by atoms with E-state index in [1.807, 2.05) is 18.7 Å². The third-order valence-electron chi connectivity index (χ3n) is 3.92. The molecule has 0 aromatic carbocycles. The molecule has 19 heavy (non-hydrogen) atoms. The van der Waals surface area contributed by atoms with E-state index in [-0.39, 0.29) is 12.4 Å². The molecule has 2 saturated heterocycles. The largest absolute Gasteiger partial charge is 0.374 e. The van der Waals surface area contributed by atoms with Crippen LogP contribution < -0.4 is 5.32 Å². The van der Waals surface area contributed by atoms with Crippen LogP contribution in [-0.2, 0) is 18.3 Å². The molecular formula is C12H20BrClN4O. The Balaban J connectivity index is 0.00000133. The fourth-order valence-electron chi connectivity index (χ4n) is 2.90. The monoisotopic (exact) mass is 350 g/mol. The number of aromatic nitrogens is 2. The van der Waals surface area contributed by atoms with Crippen molar-refractivity contribution in [2.75, 3.05) is 26.2 Å². The van der Waals surface area contributed by atoms with Gasteiger partial charge in [0.05, 0.1) is 34.6 Å². The molecule has 3 heterocycles. The molecule has 7 heteroatoms. The average molecular weight is 352 g/mol. The first-order chi connectivity index (χ1) is 8.66. The van der Waals surface area contributed by atoms with Gasteiger partial charge in [0.2, 0.25) is 0 Å². The minimum Gasteiger partial charge on any atom is -0.374 e. The summed E-state index contributed by atoms with van der Waals surface area (Å²) in [4.78, 5) is 2.51. The molecule has 0 radical (unpaired) electrons. The van der Waals surface area contributed by atoms with Gasteiger partial charge < -0.3 is 10.1 Å². The first kappa shape index (κ1) is 15.3. The van der Waals surface area contributed by atoms with Crippen molar-refractivity contribution in [3.8, 4) is 0 Å². The molecule has 0 amide bonds. The average Bonchev–Trinajstić information content (AvgIpc) is 2.91. The van der Waals surface area contributed by atoms with Crippen molar-refractivity contribution in [3.63, 3.8) is 0 Å². The fraction of sp³-hybridized carbons (Fsp3) is 0.750. The quantitative estimate of drug-likeness (QED) is 0.866. The summed E-state index contributed by atoms with van der Waals surface area (Å²) in [5, 5.41) is 7.87. The van der Waals surface area contributed by atoms with Crippen molar-refractivity contribution in [2.24, 2.45) is 7.05 Å². The lowest BCUT2D eigenvalue weighted by atomic mass is 10.1. The minimum absolute atomic E-state index is 0. The fourth-order valence-corrected chi connectivity index (χ4v) is 3.36. The van der Waals surface area contributed by atoms with Crippen LogP contribution in [0.3, 0.4) is 0 Å². The Kier molecular flexibility index (Phi) is 4.89. The van der Waals surface area contributed by atoms with E-state index < -0.39 is 0 Å². The van der Waals surface area contributed by atoms with Gasteiger partial charge in [-0.3, -0.25) is 9.58 Å². The Hall–Kier alpha value is -0.140. The topological polar surface area (TPSA) is 42.3 Å². The molecule has 2 fully saturated rings. The van der Waals surface area contributed by atoms with Gasteiger partial charge in [-0.05, 0) is 22.9 Å². The number of morpholine rings is 1. The lowest BCUT2D eigenvalue weighted by molar-refractivity contribution is -0.0508. The van der Waals surface area contributed by atoms with Gasteiger partial charge in [0.25, 0.3) is 0 Å². The van der Waals surface area contributed by atoms with Crippen LogP contribution in [0.25, 0.3) is 0 Å².